The number of benzene rings is 1. The second-order valence-electron chi connectivity index (χ2n) is 4.58. The molecule has 1 aromatic carbocycles. The third-order valence-corrected chi connectivity index (χ3v) is 3.12. The Hall–Kier alpha value is -1.23. The molecule has 2 rings (SSSR count). The minimum absolute atomic E-state index is 0.0677. The van der Waals surface area contributed by atoms with E-state index < -0.39 is 12.6 Å². The molecule has 1 aromatic rings. The topological polar surface area (TPSA) is 35.2 Å². The maximum absolute atomic E-state index is 12.0. The van der Waals surface area contributed by atoms with Crippen molar-refractivity contribution in [1.29, 1.82) is 0 Å². The van der Waals surface area contributed by atoms with Gasteiger partial charge in [0.05, 0.1) is 6.61 Å². The third kappa shape index (κ3) is 3.38. The summed E-state index contributed by atoms with van der Waals surface area (Å²) in [6.45, 7) is 0.669. The van der Waals surface area contributed by atoms with E-state index in [1.807, 2.05) is 18.2 Å². The highest BCUT2D eigenvalue weighted by molar-refractivity contribution is 5.40. The highest BCUT2D eigenvalue weighted by Gasteiger charge is 2.26. The van der Waals surface area contributed by atoms with Gasteiger partial charge in [0.15, 0.2) is 0 Å². The van der Waals surface area contributed by atoms with E-state index in [-0.39, 0.29) is 12.5 Å². The second kappa shape index (κ2) is 5.18. The van der Waals surface area contributed by atoms with Crippen LogP contribution in [-0.2, 0) is 6.42 Å². The van der Waals surface area contributed by atoms with E-state index in [2.05, 4.69) is 0 Å². The van der Waals surface area contributed by atoms with Gasteiger partial charge in [0.2, 0.25) is 0 Å². The lowest BCUT2D eigenvalue weighted by Crippen LogP contribution is -2.13. The molecule has 1 unspecified atom stereocenters. The van der Waals surface area contributed by atoms with Gasteiger partial charge in [-0.2, -0.15) is 13.2 Å². The number of ether oxygens (including phenoxy) is 1. The van der Waals surface area contributed by atoms with Gasteiger partial charge in [0, 0.05) is 18.9 Å². The SMILES string of the molecule is NC(CCCC(F)(F)F)c1ccc2c(c1)CCO2. The van der Waals surface area contributed by atoms with Crippen LogP contribution in [0.1, 0.15) is 36.4 Å². The standard InChI is InChI=1S/C13H16F3NO/c14-13(15,16)6-1-2-11(17)9-3-4-12-10(8-9)5-7-18-12/h3-4,8,11H,1-2,5-7,17H2. The fourth-order valence-electron chi connectivity index (χ4n) is 2.13. The van der Waals surface area contributed by atoms with Crippen LogP contribution in [0.3, 0.4) is 0 Å². The minimum Gasteiger partial charge on any atom is -0.493 e. The van der Waals surface area contributed by atoms with E-state index in [0.29, 0.717) is 13.0 Å². The summed E-state index contributed by atoms with van der Waals surface area (Å²) < 4.78 is 41.5. The molecule has 0 radical (unpaired) electrons. The quantitative estimate of drug-likeness (QED) is 0.899. The van der Waals surface area contributed by atoms with Gasteiger partial charge in [-0.1, -0.05) is 12.1 Å². The number of rotatable bonds is 4. The Morgan fingerprint density at radius 1 is 1.33 bits per heavy atom. The van der Waals surface area contributed by atoms with Gasteiger partial charge in [-0.3, -0.25) is 0 Å². The van der Waals surface area contributed by atoms with Crippen molar-refractivity contribution in [2.75, 3.05) is 6.61 Å². The van der Waals surface area contributed by atoms with Crippen LogP contribution in [0.25, 0.3) is 0 Å². The zero-order chi connectivity index (χ0) is 13.2. The molecule has 0 aliphatic carbocycles. The number of nitrogens with two attached hydrogens (primary N) is 1. The molecule has 1 aliphatic rings. The number of alkyl halides is 3. The highest BCUT2D eigenvalue weighted by Crippen LogP contribution is 2.30. The normalized spacial score (nSPS) is 16.2. The van der Waals surface area contributed by atoms with E-state index in [9.17, 15) is 13.2 Å². The van der Waals surface area contributed by atoms with Crippen molar-refractivity contribution in [2.24, 2.45) is 5.73 Å². The Morgan fingerprint density at radius 3 is 2.83 bits per heavy atom. The number of halogens is 3. The molecule has 5 heteroatoms. The molecule has 1 atom stereocenters. The van der Waals surface area contributed by atoms with Gasteiger partial charge < -0.3 is 10.5 Å². The molecule has 100 valence electrons. The van der Waals surface area contributed by atoms with Gasteiger partial charge in [-0.25, -0.2) is 0 Å². The zero-order valence-corrected chi connectivity index (χ0v) is 9.96. The lowest BCUT2D eigenvalue weighted by atomic mass is 9.99. The van der Waals surface area contributed by atoms with Gasteiger partial charge >= 0.3 is 6.18 Å². The van der Waals surface area contributed by atoms with Gasteiger partial charge in [0.1, 0.15) is 5.75 Å². The Balaban J connectivity index is 1.91. The molecular weight excluding hydrogens is 243 g/mol. The van der Waals surface area contributed by atoms with E-state index in [4.69, 9.17) is 10.5 Å². The first-order valence-electron chi connectivity index (χ1n) is 6.04. The zero-order valence-electron chi connectivity index (χ0n) is 9.96. The van der Waals surface area contributed by atoms with Crippen molar-refractivity contribution in [3.05, 3.63) is 29.3 Å². The van der Waals surface area contributed by atoms with Crippen LogP contribution in [0.2, 0.25) is 0 Å². The number of hydrogen-bond donors (Lipinski definition) is 1. The van der Waals surface area contributed by atoms with Crippen LogP contribution in [0.4, 0.5) is 13.2 Å². The molecular formula is C13H16F3NO. The van der Waals surface area contributed by atoms with Crippen molar-refractivity contribution in [1.82, 2.24) is 0 Å². The van der Waals surface area contributed by atoms with Crippen LogP contribution < -0.4 is 10.5 Å². The molecule has 0 fully saturated rings. The van der Waals surface area contributed by atoms with Crippen molar-refractivity contribution in [3.63, 3.8) is 0 Å². The predicted octanol–water partition coefficient (Wildman–Crippen LogP) is 3.35. The van der Waals surface area contributed by atoms with Gasteiger partial charge in [-0.05, 0) is 30.0 Å². The fourth-order valence-corrected chi connectivity index (χ4v) is 2.13. The number of fused-ring (bicyclic) bond motifs is 1. The van der Waals surface area contributed by atoms with Gasteiger partial charge in [-0.15, -0.1) is 0 Å². The van der Waals surface area contributed by atoms with Crippen molar-refractivity contribution < 1.29 is 17.9 Å². The summed E-state index contributed by atoms with van der Waals surface area (Å²) in [6, 6.07) is 5.29. The molecule has 1 aliphatic heterocycles. The molecule has 18 heavy (non-hydrogen) atoms. The Bertz CT molecular complexity index is 417. The summed E-state index contributed by atoms with van der Waals surface area (Å²) in [6.07, 6.45) is -3.60. The van der Waals surface area contributed by atoms with Crippen LogP contribution in [-0.4, -0.2) is 12.8 Å². The maximum Gasteiger partial charge on any atom is 0.389 e. The molecule has 0 saturated heterocycles. The first-order chi connectivity index (χ1) is 8.46. The fraction of sp³-hybridized carbons (Fsp3) is 0.538. The Labute approximate surface area is 104 Å². The molecule has 1 heterocycles. The molecule has 0 aromatic heterocycles. The first-order valence-corrected chi connectivity index (χ1v) is 6.04. The summed E-state index contributed by atoms with van der Waals surface area (Å²) >= 11 is 0. The van der Waals surface area contributed by atoms with E-state index >= 15 is 0 Å². The second-order valence-corrected chi connectivity index (χ2v) is 4.58. The summed E-state index contributed by atoms with van der Waals surface area (Å²) in [5.41, 5.74) is 7.90. The summed E-state index contributed by atoms with van der Waals surface area (Å²) in [7, 11) is 0. The predicted molar refractivity (Wildman–Crippen MR) is 62.5 cm³/mol. The lowest BCUT2D eigenvalue weighted by molar-refractivity contribution is -0.135. The lowest BCUT2D eigenvalue weighted by Gasteiger charge is -2.13. The average molecular weight is 259 g/mol. The van der Waals surface area contributed by atoms with Crippen molar-refractivity contribution in [2.45, 2.75) is 37.9 Å². The maximum atomic E-state index is 12.0. The van der Waals surface area contributed by atoms with E-state index in [1.165, 1.54) is 0 Å². The first kappa shape index (κ1) is 13.2. The molecule has 0 amide bonds. The monoisotopic (exact) mass is 259 g/mol. The van der Waals surface area contributed by atoms with Crippen LogP contribution in [0, 0.1) is 0 Å². The Kier molecular flexibility index (Phi) is 3.80. The van der Waals surface area contributed by atoms with Crippen LogP contribution >= 0.6 is 0 Å². The van der Waals surface area contributed by atoms with Crippen LogP contribution in [0.15, 0.2) is 18.2 Å². The largest absolute Gasteiger partial charge is 0.493 e. The summed E-state index contributed by atoms with van der Waals surface area (Å²) in [5, 5.41) is 0. The minimum atomic E-state index is -4.09. The molecule has 0 bridgehead atoms. The van der Waals surface area contributed by atoms with Gasteiger partial charge in [0.25, 0.3) is 0 Å². The Morgan fingerprint density at radius 2 is 2.11 bits per heavy atom. The van der Waals surface area contributed by atoms with E-state index in [0.717, 1.165) is 23.3 Å². The average Bonchev–Trinajstić information content (AvgIpc) is 2.73. The molecule has 2 nitrogen and oxygen atoms in total. The highest BCUT2D eigenvalue weighted by atomic mass is 19.4. The van der Waals surface area contributed by atoms with Crippen molar-refractivity contribution >= 4 is 0 Å². The molecule has 2 N–H and O–H groups in total. The third-order valence-electron chi connectivity index (χ3n) is 3.12. The molecule has 0 spiro atoms. The summed E-state index contributed by atoms with van der Waals surface area (Å²) in [4.78, 5) is 0. The van der Waals surface area contributed by atoms with Crippen molar-refractivity contribution in [3.8, 4) is 5.75 Å². The smallest absolute Gasteiger partial charge is 0.389 e. The summed E-state index contributed by atoms with van der Waals surface area (Å²) in [5.74, 6) is 0.862. The van der Waals surface area contributed by atoms with Crippen LogP contribution in [0.5, 0.6) is 5.75 Å². The van der Waals surface area contributed by atoms with E-state index in [1.54, 1.807) is 0 Å². The molecule has 0 saturated carbocycles. The number of hydrogen-bond acceptors (Lipinski definition) is 2.